The van der Waals surface area contributed by atoms with Gasteiger partial charge >= 0.3 is 5.69 Å². The van der Waals surface area contributed by atoms with Crippen molar-refractivity contribution in [2.45, 2.75) is 26.3 Å². The van der Waals surface area contributed by atoms with Crippen molar-refractivity contribution < 1.29 is 0 Å². The molecule has 1 atom stereocenters. The van der Waals surface area contributed by atoms with Gasteiger partial charge in [0.1, 0.15) is 0 Å². The summed E-state index contributed by atoms with van der Waals surface area (Å²) in [6, 6.07) is 1.95. The van der Waals surface area contributed by atoms with E-state index in [1.807, 2.05) is 6.92 Å². The summed E-state index contributed by atoms with van der Waals surface area (Å²) in [7, 11) is 0. The highest BCUT2D eigenvalue weighted by Gasteiger charge is 2.07. The number of fused-ring (bicyclic) bond motifs is 1. The van der Waals surface area contributed by atoms with Crippen LogP contribution < -0.4 is 11.0 Å². The molecule has 6 heteroatoms. The van der Waals surface area contributed by atoms with E-state index in [-0.39, 0.29) is 11.7 Å². The van der Waals surface area contributed by atoms with E-state index >= 15 is 0 Å². The number of H-pyrrole nitrogens is 1. The number of aromatic amines is 1. The Labute approximate surface area is 86.3 Å². The Morgan fingerprint density at radius 1 is 1.67 bits per heavy atom. The molecule has 2 aromatic heterocycles. The van der Waals surface area contributed by atoms with Gasteiger partial charge in [-0.15, -0.1) is 0 Å². The highest BCUT2D eigenvalue weighted by Crippen LogP contribution is 2.05. The smallest absolute Gasteiger partial charge is 0.350 e. The first-order chi connectivity index (χ1) is 7.22. The molecule has 0 aliphatic rings. The fourth-order valence-corrected chi connectivity index (χ4v) is 1.28. The molecule has 15 heavy (non-hydrogen) atoms. The zero-order valence-electron chi connectivity index (χ0n) is 8.69. The second-order valence-corrected chi connectivity index (χ2v) is 3.44. The number of nitrogens with zero attached hydrogens (tertiary/aromatic N) is 3. The lowest BCUT2D eigenvalue weighted by molar-refractivity contribution is 0.747. The number of aromatic nitrogens is 4. The second kappa shape index (κ2) is 3.72. The minimum atomic E-state index is -0.274. The first-order valence-corrected chi connectivity index (χ1v) is 4.91. The Kier molecular flexibility index (Phi) is 2.40. The van der Waals surface area contributed by atoms with Gasteiger partial charge in [-0.1, -0.05) is 6.92 Å². The summed E-state index contributed by atoms with van der Waals surface area (Å²) in [5.74, 6) is 0.528. The Morgan fingerprint density at radius 2 is 2.47 bits per heavy atom. The topological polar surface area (TPSA) is 75.1 Å². The lowest BCUT2D eigenvalue weighted by Gasteiger charge is -2.11. The summed E-state index contributed by atoms with van der Waals surface area (Å²) in [6.07, 6.45) is 2.59. The molecule has 0 bridgehead atoms. The van der Waals surface area contributed by atoms with Crippen LogP contribution in [0.25, 0.3) is 5.65 Å². The molecule has 0 spiro atoms. The minimum absolute atomic E-state index is 0.268. The van der Waals surface area contributed by atoms with Gasteiger partial charge < -0.3 is 5.32 Å². The first-order valence-electron chi connectivity index (χ1n) is 4.91. The summed E-state index contributed by atoms with van der Waals surface area (Å²) in [4.78, 5) is 15.6. The van der Waals surface area contributed by atoms with Crippen molar-refractivity contribution in [2.75, 3.05) is 5.32 Å². The number of hydrogen-bond donors (Lipinski definition) is 2. The van der Waals surface area contributed by atoms with Crippen LogP contribution in [0.2, 0.25) is 0 Å². The van der Waals surface area contributed by atoms with Crippen LogP contribution >= 0.6 is 0 Å². The van der Waals surface area contributed by atoms with Gasteiger partial charge in [-0.05, 0) is 13.3 Å². The average molecular weight is 207 g/mol. The Bertz CT molecular complexity index is 514. The van der Waals surface area contributed by atoms with Crippen molar-refractivity contribution in [3.63, 3.8) is 0 Å². The zero-order chi connectivity index (χ0) is 10.8. The van der Waals surface area contributed by atoms with Crippen LogP contribution in [0.1, 0.15) is 20.3 Å². The number of nitrogens with one attached hydrogen (secondary N) is 2. The average Bonchev–Trinajstić information content (AvgIpc) is 2.61. The van der Waals surface area contributed by atoms with E-state index in [9.17, 15) is 4.79 Å². The molecule has 0 aromatic carbocycles. The molecular weight excluding hydrogens is 194 g/mol. The van der Waals surface area contributed by atoms with E-state index in [0.717, 1.165) is 6.42 Å². The largest absolute Gasteiger partial charge is 0.353 e. The van der Waals surface area contributed by atoms with Crippen molar-refractivity contribution in [1.29, 1.82) is 0 Å². The van der Waals surface area contributed by atoms with Gasteiger partial charge in [0.25, 0.3) is 0 Å². The van der Waals surface area contributed by atoms with Crippen LogP contribution in [-0.4, -0.2) is 25.6 Å². The fraction of sp³-hybridized carbons (Fsp3) is 0.444. The van der Waals surface area contributed by atoms with Crippen LogP contribution in [0, 0.1) is 0 Å². The normalized spacial score (nSPS) is 12.9. The third-order valence-corrected chi connectivity index (χ3v) is 2.32. The van der Waals surface area contributed by atoms with E-state index in [2.05, 4.69) is 27.4 Å². The van der Waals surface area contributed by atoms with Crippen LogP contribution in [0.3, 0.4) is 0 Å². The molecule has 0 saturated heterocycles. The van der Waals surface area contributed by atoms with Crippen LogP contribution in [0.15, 0.2) is 17.1 Å². The molecule has 0 aliphatic carbocycles. The van der Waals surface area contributed by atoms with E-state index in [1.165, 1.54) is 4.40 Å². The van der Waals surface area contributed by atoms with E-state index < -0.39 is 0 Å². The van der Waals surface area contributed by atoms with E-state index in [4.69, 9.17) is 0 Å². The molecule has 2 N–H and O–H groups in total. The van der Waals surface area contributed by atoms with E-state index in [0.29, 0.717) is 11.6 Å². The van der Waals surface area contributed by atoms with Crippen molar-refractivity contribution in [2.24, 2.45) is 0 Å². The maximum Gasteiger partial charge on any atom is 0.350 e. The predicted octanol–water partition coefficient (Wildman–Crippen LogP) is 0.628. The van der Waals surface area contributed by atoms with Crippen LogP contribution in [0.5, 0.6) is 0 Å². The van der Waals surface area contributed by atoms with Crippen LogP contribution in [0.4, 0.5) is 5.95 Å². The highest BCUT2D eigenvalue weighted by atomic mass is 16.1. The molecule has 6 nitrogen and oxygen atoms in total. The van der Waals surface area contributed by atoms with Crippen molar-refractivity contribution in [3.05, 3.63) is 22.7 Å². The van der Waals surface area contributed by atoms with Gasteiger partial charge in [-0.3, -0.25) is 0 Å². The molecule has 0 fully saturated rings. The minimum Gasteiger partial charge on any atom is -0.353 e. The Balaban J connectivity index is 2.50. The highest BCUT2D eigenvalue weighted by molar-refractivity contribution is 5.43. The predicted molar refractivity (Wildman–Crippen MR) is 57.0 cm³/mol. The molecule has 80 valence electrons. The molecule has 0 radical (unpaired) electrons. The number of anilines is 1. The molecule has 2 rings (SSSR count). The fourth-order valence-electron chi connectivity index (χ4n) is 1.28. The lowest BCUT2D eigenvalue weighted by atomic mass is 10.3. The van der Waals surface area contributed by atoms with Gasteiger partial charge in [0.2, 0.25) is 5.95 Å². The summed E-state index contributed by atoms with van der Waals surface area (Å²) < 4.78 is 1.42. The molecule has 0 saturated carbocycles. The number of rotatable bonds is 3. The summed E-state index contributed by atoms with van der Waals surface area (Å²) >= 11 is 0. The molecule has 0 unspecified atom stereocenters. The quantitative estimate of drug-likeness (QED) is 0.774. The first kappa shape index (κ1) is 9.70. The molecular formula is C9H13N5O. The van der Waals surface area contributed by atoms with Gasteiger partial charge in [0.05, 0.1) is 0 Å². The monoisotopic (exact) mass is 207 g/mol. The second-order valence-electron chi connectivity index (χ2n) is 3.44. The Morgan fingerprint density at radius 3 is 3.20 bits per heavy atom. The summed E-state index contributed by atoms with van der Waals surface area (Å²) in [5, 5.41) is 9.40. The van der Waals surface area contributed by atoms with E-state index in [1.54, 1.807) is 12.3 Å². The SMILES string of the molecule is CC[C@H](C)Nc1nccc2n[nH]c(=O)n12. The molecule has 2 aromatic rings. The van der Waals surface area contributed by atoms with Gasteiger partial charge in [0, 0.05) is 18.3 Å². The van der Waals surface area contributed by atoms with Gasteiger partial charge in [-0.25, -0.2) is 19.3 Å². The molecule has 0 aliphatic heterocycles. The molecule has 2 heterocycles. The van der Waals surface area contributed by atoms with Crippen molar-refractivity contribution in [3.8, 4) is 0 Å². The van der Waals surface area contributed by atoms with Gasteiger partial charge in [0.15, 0.2) is 5.65 Å². The Hall–Kier alpha value is -1.85. The van der Waals surface area contributed by atoms with Crippen molar-refractivity contribution >= 4 is 11.6 Å². The van der Waals surface area contributed by atoms with Crippen LogP contribution in [-0.2, 0) is 0 Å². The number of hydrogen-bond acceptors (Lipinski definition) is 4. The third-order valence-electron chi connectivity index (χ3n) is 2.32. The zero-order valence-corrected chi connectivity index (χ0v) is 8.69. The molecule has 0 amide bonds. The maximum atomic E-state index is 11.4. The van der Waals surface area contributed by atoms with Gasteiger partial charge in [-0.2, -0.15) is 5.10 Å². The summed E-state index contributed by atoms with van der Waals surface area (Å²) in [6.45, 7) is 4.10. The summed E-state index contributed by atoms with van der Waals surface area (Å²) in [5.41, 5.74) is 0.296. The standard InChI is InChI=1S/C9H13N5O/c1-3-6(2)11-8-10-5-4-7-12-13-9(15)14(7)8/h4-6H,3H2,1-2H3,(H,10,11)(H,13,15)/t6-/m0/s1. The maximum absolute atomic E-state index is 11.4. The van der Waals surface area contributed by atoms with Crippen molar-refractivity contribution in [1.82, 2.24) is 19.6 Å². The third kappa shape index (κ3) is 1.70. The lowest BCUT2D eigenvalue weighted by Crippen LogP contribution is -2.21.